The summed E-state index contributed by atoms with van der Waals surface area (Å²) in [6.45, 7) is 3.17. The van der Waals surface area contributed by atoms with Crippen molar-refractivity contribution in [2.75, 3.05) is 18.5 Å². The number of anilines is 1. The number of hydrogen-bond acceptors (Lipinski definition) is 5. The van der Waals surface area contributed by atoms with E-state index in [-0.39, 0.29) is 30.6 Å². The maximum absolute atomic E-state index is 12.8. The predicted octanol–water partition coefficient (Wildman–Crippen LogP) is 4.43. The van der Waals surface area contributed by atoms with E-state index in [1.165, 1.54) is 0 Å². The zero-order valence-corrected chi connectivity index (χ0v) is 18.5. The molecule has 33 heavy (non-hydrogen) atoms. The second-order valence-electron chi connectivity index (χ2n) is 7.83. The van der Waals surface area contributed by atoms with Crippen molar-refractivity contribution < 1.29 is 23.5 Å². The van der Waals surface area contributed by atoms with Crippen molar-refractivity contribution in [1.29, 1.82) is 0 Å². The van der Waals surface area contributed by atoms with Crippen LogP contribution in [0.5, 0.6) is 0 Å². The molecule has 0 bridgehead atoms. The molecular weight excluding hydrogens is 420 g/mol. The van der Waals surface area contributed by atoms with Crippen molar-refractivity contribution >= 4 is 23.5 Å². The van der Waals surface area contributed by atoms with Gasteiger partial charge in [0.15, 0.2) is 0 Å². The third-order valence-corrected chi connectivity index (χ3v) is 5.49. The van der Waals surface area contributed by atoms with Crippen molar-refractivity contribution in [3.63, 3.8) is 0 Å². The Morgan fingerprint density at radius 3 is 2.52 bits per heavy atom. The number of furan rings is 1. The van der Waals surface area contributed by atoms with Crippen LogP contribution in [0.2, 0.25) is 0 Å². The Labute approximate surface area is 192 Å². The van der Waals surface area contributed by atoms with E-state index in [2.05, 4.69) is 5.32 Å². The molecule has 0 unspecified atom stereocenters. The van der Waals surface area contributed by atoms with E-state index in [1.807, 2.05) is 53.4 Å². The molecule has 0 spiro atoms. The molecule has 7 nitrogen and oxygen atoms in total. The number of carbonyl (C=O) groups is 3. The van der Waals surface area contributed by atoms with Crippen LogP contribution in [0.4, 0.5) is 5.69 Å². The van der Waals surface area contributed by atoms with E-state index in [4.69, 9.17) is 9.15 Å². The largest absolute Gasteiger partial charge is 0.466 e. The highest BCUT2D eigenvalue weighted by molar-refractivity contribution is 5.94. The lowest BCUT2D eigenvalue weighted by Crippen LogP contribution is -2.35. The molecule has 0 atom stereocenters. The number of ether oxygens (including phenoxy) is 1. The minimum Gasteiger partial charge on any atom is -0.466 e. The van der Waals surface area contributed by atoms with Crippen molar-refractivity contribution in [2.45, 2.75) is 32.7 Å². The van der Waals surface area contributed by atoms with E-state index in [0.717, 1.165) is 22.6 Å². The lowest BCUT2D eigenvalue weighted by atomic mass is 10.1. The Kier molecular flexibility index (Phi) is 6.88. The van der Waals surface area contributed by atoms with E-state index in [9.17, 15) is 14.4 Å². The van der Waals surface area contributed by atoms with Crippen molar-refractivity contribution in [2.24, 2.45) is 0 Å². The number of esters is 1. The summed E-state index contributed by atoms with van der Waals surface area (Å²) in [6, 6.07) is 18.6. The fourth-order valence-electron chi connectivity index (χ4n) is 3.80. The van der Waals surface area contributed by atoms with Gasteiger partial charge in [0.05, 0.1) is 13.0 Å². The van der Waals surface area contributed by atoms with Gasteiger partial charge in [0, 0.05) is 48.3 Å². The Morgan fingerprint density at radius 2 is 1.79 bits per heavy atom. The van der Waals surface area contributed by atoms with Gasteiger partial charge < -0.3 is 19.4 Å². The summed E-state index contributed by atoms with van der Waals surface area (Å²) < 4.78 is 10.9. The molecule has 0 fully saturated rings. The maximum atomic E-state index is 12.8. The Morgan fingerprint density at radius 1 is 1.03 bits per heavy atom. The van der Waals surface area contributed by atoms with Gasteiger partial charge >= 0.3 is 5.97 Å². The normalized spacial score (nSPS) is 12.7. The van der Waals surface area contributed by atoms with Crippen LogP contribution in [0.1, 0.15) is 41.4 Å². The van der Waals surface area contributed by atoms with Gasteiger partial charge in [-0.2, -0.15) is 0 Å². The van der Waals surface area contributed by atoms with E-state index in [0.29, 0.717) is 37.4 Å². The van der Waals surface area contributed by atoms with Gasteiger partial charge in [-0.1, -0.05) is 18.2 Å². The third-order valence-electron chi connectivity index (χ3n) is 5.49. The number of nitrogens with zero attached hydrogens (tertiary/aromatic N) is 1. The Balaban J connectivity index is 1.37. The molecule has 0 saturated heterocycles. The quantitative estimate of drug-likeness (QED) is 0.543. The minimum absolute atomic E-state index is 0.0204. The van der Waals surface area contributed by atoms with Crippen LogP contribution in [0, 0.1) is 0 Å². The van der Waals surface area contributed by atoms with Crippen LogP contribution in [-0.4, -0.2) is 35.8 Å². The highest BCUT2D eigenvalue weighted by atomic mass is 16.5. The number of carbonyl (C=O) groups excluding carboxylic acids is 3. The topological polar surface area (TPSA) is 88.8 Å². The fraction of sp³-hybridized carbons (Fsp3) is 0.269. The molecule has 0 radical (unpaired) electrons. The van der Waals surface area contributed by atoms with Crippen LogP contribution < -0.4 is 5.32 Å². The molecule has 2 aromatic carbocycles. The van der Waals surface area contributed by atoms with Crippen LogP contribution >= 0.6 is 0 Å². The van der Waals surface area contributed by atoms with Crippen LogP contribution in [0.25, 0.3) is 11.3 Å². The first-order chi connectivity index (χ1) is 16.0. The lowest BCUT2D eigenvalue weighted by Gasteiger charge is -2.26. The average Bonchev–Trinajstić information content (AvgIpc) is 3.27. The van der Waals surface area contributed by atoms with Gasteiger partial charge in [-0.3, -0.25) is 14.4 Å². The summed E-state index contributed by atoms with van der Waals surface area (Å²) in [5, 5.41) is 2.78. The number of fused-ring (bicyclic) bond motifs is 1. The monoisotopic (exact) mass is 446 g/mol. The first-order valence-electron chi connectivity index (χ1n) is 11.1. The summed E-state index contributed by atoms with van der Waals surface area (Å²) in [6.07, 6.45) is 0.797. The fourth-order valence-corrected chi connectivity index (χ4v) is 3.80. The molecule has 2 amide bonds. The van der Waals surface area contributed by atoms with Gasteiger partial charge in [-0.25, -0.2) is 0 Å². The van der Waals surface area contributed by atoms with E-state index >= 15 is 0 Å². The van der Waals surface area contributed by atoms with Crippen molar-refractivity contribution in [3.05, 3.63) is 77.6 Å². The number of rotatable bonds is 7. The zero-order chi connectivity index (χ0) is 23.2. The van der Waals surface area contributed by atoms with Crippen molar-refractivity contribution in [3.8, 4) is 11.3 Å². The second-order valence-corrected chi connectivity index (χ2v) is 7.83. The molecule has 0 saturated carbocycles. The molecule has 1 aliphatic rings. The standard InChI is InChI=1S/C26H26N2O5/c1-2-32-25(30)13-12-24(29)27-21-10-8-18(9-11-21)23-16-20-17-28(15-14-22(20)33-23)26(31)19-6-4-3-5-7-19/h3-11,16H,2,12-15,17H2,1H3,(H,27,29). The van der Waals surface area contributed by atoms with E-state index in [1.54, 1.807) is 19.1 Å². The van der Waals surface area contributed by atoms with E-state index < -0.39 is 0 Å². The summed E-state index contributed by atoms with van der Waals surface area (Å²) in [5.41, 5.74) is 3.22. The summed E-state index contributed by atoms with van der Waals surface area (Å²) in [4.78, 5) is 38.0. The third kappa shape index (κ3) is 5.49. The predicted molar refractivity (Wildman–Crippen MR) is 124 cm³/mol. The highest BCUT2D eigenvalue weighted by Gasteiger charge is 2.25. The Hall–Kier alpha value is -3.87. The molecule has 2 heterocycles. The van der Waals surface area contributed by atoms with Gasteiger partial charge in [-0.05, 0) is 49.4 Å². The first-order valence-corrected chi connectivity index (χ1v) is 11.1. The molecule has 1 aromatic heterocycles. The van der Waals surface area contributed by atoms with Crippen molar-refractivity contribution in [1.82, 2.24) is 4.90 Å². The number of nitrogens with one attached hydrogen (secondary N) is 1. The number of benzene rings is 2. The van der Waals surface area contributed by atoms with Crippen LogP contribution in [0.3, 0.4) is 0 Å². The number of hydrogen-bond donors (Lipinski definition) is 1. The van der Waals surface area contributed by atoms with Crippen LogP contribution in [0.15, 0.2) is 65.1 Å². The first kappa shape index (κ1) is 22.3. The maximum Gasteiger partial charge on any atom is 0.306 e. The van der Waals surface area contributed by atoms with Gasteiger partial charge in [-0.15, -0.1) is 0 Å². The second kappa shape index (κ2) is 10.2. The summed E-state index contributed by atoms with van der Waals surface area (Å²) in [5.74, 6) is 1.03. The molecule has 4 rings (SSSR count). The molecule has 1 aliphatic heterocycles. The smallest absolute Gasteiger partial charge is 0.306 e. The molecule has 170 valence electrons. The summed E-state index contributed by atoms with van der Waals surface area (Å²) >= 11 is 0. The van der Waals surface area contributed by atoms with Gasteiger partial charge in [0.2, 0.25) is 5.91 Å². The van der Waals surface area contributed by atoms with Gasteiger partial charge in [0.1, 0.15) is 11.5 Å². The molecule has 3 aromatic rings. The lowest BCUT2D eigenvalue weighted by molar-refractivity contribution is -0.144. The molecular formula is C26H26N2O5. The molecule has 1 N–H and O–H groups in total. The van der Waals surface area contributed by atoms with Crippen LogP contribution in [-0.2, 0) is 27.3 Å². The molecule has 7 heteroatoms. The summed E-state index contributed by atoms with van der Waals surface area (Å²) in [7, 11) is 0. The highest BCUT2D eigenvalue weighted by Crippen LogP contribution is 2.30. The SMILES string of the molecule is CCOC(=O)CCC(=O)Nc1ccc(-c2cc3c(o2)CCN(C(=O)c2ccccc2)C3)cc1. The number of amides is 2. The van der Waals surface area contributed by atoms with Gasteiger partial charge in [0.25, 0.3) is 5.91 Å². The Bertz CT molecular complexity index is 1140. The average molecular weight is 447 g/mol. The minimum atomic E-state index is -0.381. The zero-order valence-electron chi connectivity index (χ0n) is 18.5. The molecule has 0 aliphatic carbocycles.